The number of anilines is 1. The fraction of sp³-hybridized carbons (Fsp3) is 0.643. The second-order valence-corrected chi connectivity index (χ2v) is 12.5. The minimum absolute atomic E-state index is 0.102. The molecule has 1 aliphatic heterocycles. The van der Waals surface area contributed by atoms with Crippen LogP contribution in [0.15, 0.2) is 35.9 Å². The summed E-state index contributed by atoms with van der Waals surface area (Å²) in [5, 5.41) is 3.64. The van der Waals surface area contributed by atoms with Crippen molar-refractivity contribution in [3.05, 3.63) is 40.9 Å². The van der Waals surface area contributed by atoms with E-state index in [0.717, 1.165) is 32.0 Å². The lowest BCUT2D eigenvalue weighted by molar-refractivity contribution is -0.141. The van der Waals surface area contributed by atoms with Crippen molar-refractivity contribution in [3.8, 4) is 0 Å². The van der Waals surface area contributed by atoms with Crippen LogP contribution in [0.3, 0.4) is 0 Å². The Kier molecular flexibility index (Phi) is 8.28. The number of halogens is 2. The molecule has 2 unspecified atom stereocenters. The van der Waals surface area contributed by atoms with Gasteiger partial charge >= 0.3 is 6.03 Å². The molecule has 198 valence electrons. The number of carbonyl (C=O) groups excluding carboxylic acids is 2. The largest absolute Gasteiger partial charge is 0.340 e. The summed E-state index contributed by atoms with van der Waals surface area (Å²) in [6.45, 7) is 13.6. The molecule has 1 saturated heterocycles. The fourth-order valence-corrected chi connectivity index (χ4v) is 6.12. The first-order valence-corrected chi connectivity index (χ1v) is 14.0. The predicted molar refractivity (Wildman–Crippen MR) is 148 cm³/mol. The van der Waals surface area contributed by atoms with Crippen LogP contribution in [0, 0.1) is 22.7 Å². The maximum atomic E-state index is 13.4. The van der Waals surface area contributed by atoms with Crippen LogP contribution in [-0.2, 0) is 4.79 Å². The highest BCUT2D eigenvalue weighted by atomic mass is 35.5. The molecule has 1 saturated carbocycles. The lowest BCUT2D eigenvalue weighted by Gasteiger charge is -2.57. The standard InChI is InChI=1S/C28H40Cl2N4O2/c1-27(2,19-29)25(35)33-13-10-32(11-14-33)12-15-34(26(36)31-23-7-5-6-22(30)17-23)18-20-8-9-21-16-24(20)28(21,3)4/h5-8,17,21,24H,9-16,18-19H2,1-4H3,(H,31,36). The Morgan fingerprint density at radius 2 is 1.92 bits per heavy atom. The van der Waals surface area contributed by atoms with Crippen molar-refractivity contribution in [1.82, 2.24) is 14.7 Å². The third-order valence-electron chi connectivity index (χ3n) is 8.58. The number of carbonyl (C=O) groups is 2. The molecule has 6 nitrogen and oxygen atoms in total. The third kappa shape index (κ3) is 5.87. The number of hydrogen-bond donors (Lipinski definition) is 1. The van der Waals surface area contributed by atoms with Crippen molar-refractivity contribution in [2.45, 2.75) is 40.5 Å². The van der Waals surface area contributed by atoms with Crippen LogP contribution in [0.25, 0.3) is 0 Å². The van der Waals surface area contributed by atoms with E-state index in [1.807, 2.05) is 35.8 Å². The smallest absolute Gasteiger partial charge is 0.322 e. The molecule has 1 N–H and O–H groups in total. The Balaban J connectivity index is 1.38. The van der Waals surface area contributed by atoms with E-state index in [2.05, 4.69) is 30.1 Å². The molecule has 0 radical (unpaired) electrons. The Labute approximate surface area is 226 Å². The number of allylic oxidation sites excluding steroid dienone is 1. The highest BCUT2D eigenvalue weighted by Gasteiger charge is 2.51. The molecule has 3 amide bonds. The number of amides is 3. The van der Waals surface area contributed by atoms with Crippen LogP contribution in [0.4, 0.5) is 10.5 Å². The average molecular weight is 536 g/mol. The molecule has 36 heavy (non-hydrogen) atoms. The second kappa shape index (κ2) is 10.9. The molecular weight excluding hydrogens is 495 g/mol. The third-order valence-corrected chi connectivity index (χ3v) is 9.48. The van der Waals surface area contributed by atoms with Crippen LogP contribution in [0.2, 0.25) is 5.02 Å². The number of rotatable bonds is 8. The van der Waals surface area contributed by atoms with Gasteiger partial charge in [0, 0.05) is 62.4 Å². The molecule has 2 atom stereocenters. The van der Waals surface area contributed by atoms with Gasteiger partial charge in [0.25, 0.3) is 0 Å². The minimum atomic E-state index is -0.541. The van der Waals surface area contributed by atoms with Crippen LogP contribution in [-0.4, -0.2) is 78.3 Å². The summed E-state index contributed by atoms with van der Waals surface area (Å²) in [5.74, 6) is 1.75. The summed E-state index contributed by atoms with van der Waals surface area (Å²) in [4.78, 5) is 32.4. The summed E-state index contributed by atoms with van der Waals surface area (Å²) in [6, 6.07) is 7.18. The van der Waals surface area contributed by atoms with Crippen LogP contribution in [0.5, 0.6) is 0 Å². The zero-order valence-electron chi connectivity index (χ0n) is 22.0. The van der Waals surface area contributed by atoms with E-state index in [-0.39, 0.29) is 11.9 Å². The fourth-order valence-electron chi connectivity index (χ4n) is 5.82. The number of nitrogens with one attached hydrogen (secondary N) is 1. The molecule has 0 spiro atoms. The Morgan fingerprint density at radius 3 is 2.53 bits per heavy atom. The number of piperazine rings is 1. The van der Waals surface area contributed by atoms with Crippen molar-refractivity contribution in [2.75, 3.05) is 57.0 Å². The van der Waals surface area contributed by atoms with E-state index < -0.39 is 5.41 Å². The summed E-state index contributed by atoms with van der Waals surface area (Å²) < 4.78 is 0. The number of urea groups is 1. The molecule has 1 aromatic rings. The number of nitrogens with zero attached hydrogens (tertiary/aromatic N) is 3. The van der Waals surface area contributed by atoms with Crippen molar-refractivity contribution >= 4 is 40.8 Å². The van der Waals surface area contributed by atoms with Crippen LogP contribution >= 0.6 is 23.2 Å². The average Bonchev–Trinajstić information content (AvgIpc) is 2.86. The van der Waals surface area contributed by atoms with Crippen molar-refractivity contribution in [2.24, 2.45) is 22.7 Å². The first-order valence-electron chi connectivity index (χ1n) is 13.1. The Morgan fingerprint density at radius 1 is 1.19 bits per heavy atom. The zero-order valence-corrected chi connectivity index (χ0v) is 23.5. The molecule has 3 aliphatic carbocycles. The number of benzene rings is 1. The van der Waals surface area contributed by atoms with Gasteiger partial charge in [-0.25, -0.2) is 4.79 Å². The zero-order chi connectivity index (χ0) is 26.1. The Bertz CT molecular complexity index is 1000. The van der Waals surface area contributed by atoms with Gasteiger partial charge in [-0.05, 0) is 62.1 Å². The normalized spacial score (nSPS) is 23.5. The predicted octanol–water partition coefficient (Wildman–Crippen LogP) is 5.58. The number of fused-ring (bicyclic) bond motifs is 1. The van der Waals surface area contributed by atoms with E-state index in [1.54, 1.807) is 12.1 Å². The van der Waals surface area contributed by atoms with Crippen molar-refractivity contribution in [1.29, 1.82) is 0 Å². The van der Waals surface area contributed by atoms with Gasteiger partial charge in [0.05, 0.1) is 5.41 Å². The number of hydrogen-bond acceptors (Lipinski definition) is 3. The summed E-state index contributed by atoms with van der Waals surface area (Å²) >= 11 is 12.2. The van der Waals surface area contributed by atoms with Gasteiger partial charge in [-0.15, -0.1) is 11.6 Å². The number of alkyl halides is 1. The molecule has 5 rings (SSSR count). The molecule has 1 aromatic carbocycles. The first-order chi connectivity index (χ1) is 17.0. The lowest BCUT2D eigenvalue weighted by atomic mass is 9.49. The van der Waals surface area contributed by atoms with E-state index in [9.17, 15) is 9.59 Å². The SMILES string of the molecule is CC(C)(CCl)C(=O)N1CCN(CCN(CC2=CCC3CC2C3(C)C)C(=O)Nc2cccc(Cl)c2)CC1. The van der Waals surface area contributed by atoms with Crippen molar-refractivity contribution in [3.63, 3.8) is 0 Å². The lowest BCUT2D eigenvalue weighted by Crippen LogP contribution is -2.54. The van der Waals surface area contributed by atoms with E-state index in [4.69, 9.17) is 23.2 Å². The topological polar surface area (TPSA) is 55.9 Å². The second-order valence-electron chi connectivity index (χ2n) is 11.8. The summed E-state index contributed by atoms with van der Waals surface area (Å²) in [6.07, 6.45) is 4.71. The van der Waals surface area contributed by atoms with Gasteiger partial charge in [-0.2, -0.15) is 0 Å². The van der Waals surface area contributed by atoms with Gasteiger partial charge in [0.15, 0.2) is 0 Å². The molecule has 8 heteroatoms. The summed E-state index contributed by atoms with van der Waals surface area (Å²) in [7, 11) is 0. The quantitative estimate of drug-likeness (QED) is 0.350. The van der Waals surface area contributed by atoms with E-state index in [1.165, 1.54) is 12.0 Å². The molecule has 1 heterocycles. The van der Waals surface area contributed by atoms with Gasteiger partial charge < -0.3 is 15.1 Å². The molecular formula is C28H40Cl2N4O2. The van der Waals surface area contributed by atoms with Gasteiger partial charge in [0.1, 0.15) is 0 Å². The molecule has 4 aliphatic rings. The molecule has 2 fully saturated rings. The highest BCUT2D eigenvalue weighted by Crippen LogP contribution is 2.59. The van der Waals surface area contributed by atoms with Crippen molar-refractivity contribution < 1.29 is 9.59 Å². The van der Waals surface area contributed by atoms with Gasteiger partial charge in [0.2, 0.25) is 5.91 Å². The monoisotopic (exact) mass is 534 g/mol. The van der Waals surface area contributed by atoms with E-state index >= 15 is 0 Å². The Hall–Kier alpha value is -1.76. The first kappa shape index (κ1) is 27.3. The van der Waals surface area contributed by atoms with Gasteiger partial charge in [-0.1, -0.05) is 43.2 Å². The van der Waals surface area contributed by atoms with Crippen LogP contribution in [0.1, 0.15) is 40.5 Å². The molecule has 0 aromatic heterocycles. The maximum Gasteiger partial charge on any atom is 0.322 e. The summed E-state index contributed by atoms with van der Waals surface area (Å²) in [5.41, 5.74) is 1.87. The van der Waals surface area contributed by atoms with E-state index in [0.29, 0.717) is 54.1 Å². The van der Waals surface area contributed by atoms with Crippen LogP contribution < -0.4 is 5.32 Å². The minimum Gasteiger partial charge on any atom is -0.340 e. The maximum absolute atomic E-state index is 13.4. The van der Waals surface area contributed by atoms with Gasteiger partial charge in [-0.3, -0.25) is 9.69 Å². The highest BCUT2D eigenvalue weighted by molar-refractivity contribution is 6.30. The molecule has 2 bridgehead atoms.